The second kappa shape index (κ2) is 5.17. The smallest absolute Gasteiger partial charge is 0.111 e. The van der Waals surface area contributed by atoms with Crippen molar-refractivity contribution in [2.24, 2.45) is 5.16 Å². The van der Waals surface area contributed by atoms with E-state index in [9.17, 15) is 0 Å². The number of hydrogen-bond donors (Lipinski definition) is 0. The molecule has 0 aromatic heterocycles. The van der Waals surface area contributed by atoms with Gasteiger partial charge in [-0.3, -0.25) is 0 Å². The minimum Gasteiger partial charge on any atom is -0.399 e. The fourth-order valence-corrected chi connectivity index (χ4v) is 1.50. The van der Waals surface area contributed by atoms with Crippen molar-refractivity contribution in [3.05, 3.63) is 46.0 Å². The summed E-state index contributed by atoms with van der Waals surface area (Å²) < 4.78 is 0.933. The molecule has 74 valence electrons. The second-order valence-electron chi connectivity index (χ2n) is 2.49. The Kier molecular flexibility index (Phi) is 4.17. The zero-order chi connectivity index (χ0) is 10.6. The van der Waals surface area contributed by atoms with Crippen molar-refractivity contribution < 1.29 is 4.84 Å². The third-order valence-corrected chi connectivity index (χ3v) is 2.44. The number of rotatable bonds is 2. The number of allylic oxidation sites excluding steroid dienone is 7. The average molecular weight is 275 g/mol. The van der Waals surface area contributed by atoms with Crippen molar-refractivity contribution in [1.29, 1.82) is 0 Å². The molecule has 1 aliphatic carbocycles. The fraction of sp³-hybridized carbons (Fsp3) is 0.100. The van der Waals surface area contributed by atoms with Crippen LogP contribution in [0.2, 0.25) is 0 Å². The van der Waals surface area contributed by atoms with Gasteiger partial charge in [-0.1, -0.05) is 45.3 Å². The first-order chi connectivity index (χ1) is 6.69. The Morgan fingerprint density at radius 1 is 1.64 bits per heavy atom. The van der Waals surface area contributed by atoms with Crippen molar-refractivity contribution in [3.63, 3.8) is 0 Å². The standard InChI is InChI=1S/C10H9BrClNO/c1-3-9(12)8-6-7(11)4-5-10(8)13-14-2/h3-6H,1H2,2H3/b9-8+,13-10+. The molecule has 0 N–H and O–H groups in total. The molecule has 0 heterocycles. The lowest BCUT2D eigenvalue weighted by Gasteiger charge is -2.08. The van der Waals surface area contributed by atoms with Crippen LogP contribution in [0.25, 0.3) is 0 Å². The topological polar surface area (TPSA) is 21.6 Å². The Bertz CT molecular complexity index is 366. The predicted molar refractivity (Wildman–Crippen MR) is 63.7 cm³/mol. The minimum atomic E-state index is 0.544. The molecule has 0 saturated heterocycles. The van der Waals surface area contributed by atoms with Crippen LogP contribution >= 0.6 is 27.5 Å². The van der Waals surface area contributed by atoms with Crippen LogP contribution in [-0.4, -0.2) is 12.8 Å². The molecule has 0 spiro atoms. The third-order valence-electron chi connectivity index (χ3n) is 1.58. The van der Waals surface area contributed by atoms with E-state index in [1.54, 1.807) is 6.08 Å². The molecule has 14 heavy (non-hydrogen) atoms. The number of oxime groups is 1. The summed E-state index contributed by atoms with van der Waals surface area (Å²) in [4.78, 5) is 4.71. The van der Waals surface area contributed by atoms with Crippen LogP contribution in [0.15, 0.2) is 51.1 Å². The van der Waals surface area contributed by atoms with E-state index in [4.69, 9.17) is 16.4 Å². The molecule has 2 nitrogen and oxygen atoms in total. The SMILES string of the molecule is C=C/C(Cl)=C1/C=C(Br)C=C/C1=N\OC. The minimum absolute atomic E-state index is 0.544. The highest BCUT2D eigenvalue weighted by Crippen LogP contribution is 2.23. The van der Waals surface area contributed by atoms with Crippen LogP contribution in [0.5, 0.6) is 0 Å². The molecule has 0 fully saturated rings. The van der Waals surface area contributed by atoms with Crippen LogP contribution in [-0.2, 0) is 4.84 Å². The van der Waals surface area contributed by atoms with E-state index in [2.05, 4.69) is 27.7 Å². The van der Waals surface area contributed by atoms with Gasteiger partial charge in [0.05, 0.1) is 0 Å². The largest absolute Gasteiger partial charge is 0.399 e. The quantitative estimate of drug-likeness (QED) is 0.706. The average Bonchev–Trinajstić information content (AvgIpc) is 2.20. The zero-order valence-electron chi connectivity index (χ0n) is 7.63. The molecule has 4 heteroatoms. The number of hydrogen-bond acceptors (Lipinski definition) is 2. The van der Waals surface area contributed by atoms with Crippen molar-refractivity contribution in [1.82, 2.24) is 0 Å². The molecular weight excluding hydrogens is 265 g/mol. The van der Waals surface area contributed by atoms with E-state index in [0.717, 1.165) is 10.1 Å². The summed E-state index contributed by atoms with van der Waals surface area (Å²) in [5, 5.41) is 4.39. The number of nitrogens with zero attached hydrogens (tertiary/aromatic N) is 1. The molecule has 0 radical (unpaired) electrons. The first-order valence-electron chi connectivity index (χ1n) is 3.88. The lowest BCUT2D eigenvalue weighted by molar-refractivity contribution is 0.214. The van der Waals surface area contributed by atoms with Crippen molar-refractivity contribution in [2.75, 3.05) is 7.11 Å². The lowest BCUT2D eigenvalue weighted by Crippen LogP contribution is -2.03. The number of halogens is 2. The van der Waals surface area contributed by atoms with E-state index in [1.807, 2.05) is 18.2 Å². The molecule has 0 atom stereocenters. The van der Waals surface area contributed by atoms with Crippen LogP contribution in [0.3, 0.4) is 0 Å². The van der Waals surface area contributed by atoms with E-state index in [0.29, 0.717) is 10.7 Å². The summed E-state index contributed by atoms with van der Waals surface area (Å²) in [5.74, 6) is 0. The molecule has 0 aromatic rings. The van der Waals surface area contributed by atoms with E-state index >= 15 is 0 Å². The van der Waals surface area contributed by atoms with Gasteiger partial charge >= 0.3 is 0 Å². The Balaban J connectivity index is 3.18. The van der Waals surface area contributed by atoms with E-state index in [-0.39, 0.29) is 0 Å². The molecule has 1 aliphatic rings. The summed E-state index contributed by atoms with van der Waals surface area (Å²) in [6.45, 7) is 3.60. The van der Waals surface area contributed by atoms with Gasteiger partial charge in [-0.25, -0.2) is 0 Å². The first kappa shape index (κ1) is 11.3. The monoisotopic (exact) mass is 273 g/mol. The third kappa shape index (κ3) is 2.59. The maximum absolute atomic E-state index is 5.97. The molecule has 0 bridgehead atoms. The summed E-state index contributed by atoms with van der Waals surface area (Å²) in [6.07, 6.45) is 7.11. The Labute approximate surface area is 96.4 Å². The molecular formula is C10H9BrClNO. The van der Waals surface area contributed by atoms with Crippen LogP contribution in [0.4, 0.5) is 0 Å². The Morgan fingerprint density at radius 2 is 2.36 bits per heavy atom. The van der Waals surface area contributed by atoms with E-state index < -0.39 is 0 Å². The van der Waals surface area contributed by atoms with Gasteiger partial charge in [-0.15, -0.1) is 0 Å². The normalized spacial score (nSPS) is 21.9. The molecule has 1 rings (SSSR count). The Morgan fingerprint density at radius 3 is 2.93 bits per heavy atom. The maximum Gasteiger partial charge on any atom is 0.111 e. The summed E-state index contributed by atoms with van der Waals surface area (Å²) in [5.41, 5.74) is 1.47. The highest BCUT2D eigenvalue weighted by molar-refractivity contribution is 9.11. The van der Waals surface area contributed by atoms with Gasteiger partial charge in [0.1, 0.15) is 12.8 Å². The highest BCUT2D eigenvalue weighted by atomic mass is 79.9. The molecule has 0 saturated carbocycles. The van der Waals surface area contributed by atoms with E-state index in [1.165, 1.54) is 7.11 Å². The van der Waals surface area contributed by atoms with Crippen molar-refractivity contribution >= 4 is 33.2 Å². The summed E-state index contributed by atoms with van der Waals surface area (Å²) >= 11 is 9.32. The molecule has 0 amide bonds. The zero-order valence-corrected chi connectivity index (χ0v) is 9.97. The molecule has 0 aliphatic heterocycles. The van der Waals surface area contributed by atoms with Crippen molar-refractivity contribution in [3.8, 4) is 0 Å². The fourth-order valence-electron chi connectivity index (χ4n) is 0.987. The van der Waals surface area contributed by atoms with Gasteiger partial charge in [0.15, 0.2) is 0 Å². The van der Waals surface area contributed by atoms with Gasteiger partial charge in [-0.2, -0.15) is 0 Å². The van der Waals surface area contributed by atoms with Crippen LogP contribution < -0.4 is 0 Å². The lowest BCUT2D eigenvalue weighted by atomic mass is 10.1. The van der Waals surface area contributed by atoms with Gasteiger partial charge in [0.25, 0.3) is 0 Å². The van der Waals surface area contributed by atoms with Crippen LogP contribution in [0.1, 0.15) is 0 Å². The molecule has 0 aromatic carbocycles. The summed E-state index contributed by atoms with van der Waals surface area (Å²) in [7, 11) is 1.49. The maximum atomic E-state index is 5.97. The summed E-state index contributed by atoms with van der Waals surface area (Å²) in [6, 6.07) is 0. The van der Waals surface area contributed by atoms with Crippen LogP contribution in [0, 0.1) is 0 Å². The van der Waals surface area contributed by atoms with Crippen molar-refractivity contribution in [2.45, 2.75) is 0 Å². The first-order valence-corrected chi connectivity index (χ1v) is 5.05. The van der Waals surface area contributed by atoms with Gasteiger partial charge in [0, 0.05) is 15.1 Å². The molecule has 0 unspecified atom stereocenters. The Hall–Kier alpha value is -0.800. The highest BCUT2D eigenvalue weighted by Gasteiger charge is 2.11. The predicted octanol–water partition coefficient (Wildman–Crippen LogP) is 3.52. The van der Waals surface area contributed by atoms with Gasteiger partial charge < -0.3 is 4.84 Å². The van der Waals surface area contributed by atoms with Gasteiger partial charge in [-0.05, 0) is 18.2 Å². The second-order valence-corrected chi connectivity index (χ2v) is 3.81. The van der Waals surface area contributed by atoms with Gasteiger partial charge in [0.2, 0.25) is 0 Å².